The van der Waals surface area contributed by atoms with Gasteiger partial charge >= 0.3 is 10.1 Å². The Morgan fingerprint density at radius 2 is 1.62 bits per heavy atom. The molecule has 0 aliphatic rings. The number of hydrogen-bond donors (Lipinski definition) is 0. The van der Waals surface area contributed by atoms with Gasteiger partial charge in [-0.25, -0.2) is 8.42 Å². The molecular formula is C18H23NO5S2. The Balaban J connectivity index is 2.32. The molecule has 0 atom stereocenters. The zero-order chi connectivity index (χ0) is 19.4. The predicted octanol–water partition coefficient (Wildman–Crippen LogP) is 3.01. The first-order valence-corrected chi connectivity index (χ1v) is 11.3. The van der Waals surface area contributed by atoms with Crippen LogP contribution in [0.1, 0.15) is 26.3 Å². The van der Waals surface area contributed by atoms with E-state index in [0.29, 0.717) is 5.56 Å². The third-order valence-electron chi connectivity index (χ3n) is 3.74. The van der Waals surface area contributed by atoms with Crippen molar-refractivity contribution in [1.82, 2.24) is 4.31 Å². The third kappa shape index (κ3) is 5.06. The monoisotopic (exact) mass is 397 g/mol. The van der Waals surface area contributed by atoms with Crippen molar-refractivity contribution in [2.24, 2.45) is 0 Å². The predicted molar refractivity (Wildman–Crippen MR) is 101 cm³/mol. The van der Waals surface area contributed by atoms with Crippen molar-refractivity contribution in [3.8, 4) is 5.75 Å². The van der Waals surface area contributed by atoms with Crippen LogP contribution in [0, 0.1) is 0 Å². The molecule has 2 aromatic carbocycles. The molecule has 0 radical (unpaired) electrons. The van der Waals surface area contributed by atoms with Gasteiger partial charge in [-0.1, -0.05) is 30.3 Å². The van der Waals surface area contributed by atoms with Crippen molar-refractivity contribution in [2.45, 2.75) is 38.3 Å². The average Bonchev–Trinajstić information content (AvgIpc) is 2.60. The van der Waals surface area contributed by atoms with E-state index in [0.717, 1.165) is 0 Å². The molecule has 8 heteroatoms. The summed E-state index contributed by atoms with van der Waals surface area (Å²) in [5.74, 6) is 0.0303. The minimum Gasteiger partial charge on any atom is -0.382 e. The number of rotatable bonds is 8. The number of hydrogen-bond acceptors (Lipinski definition) is 5. The second-order valence-electron chi connectivity index (χ2n) is 6.03. The summed E-state index contributed by atoms with van der Waals surface area (Å²) in [7, 11) is -7.31. The van der Waals surface area contributed by atoms with Gasteiger partial charge < -0.3 is 4.18 Å². The van der Waals surface area contributed by atoms with Gasteiger partial charge in [0.05, 0.1) is 10.6 Å². The first-order valence-electron chi connectivity index (χ1n) is 8.23. The summed E-state index contributed by atoms with van der Waals surface area (Å²) < 4.78 is 55.5. The lowest BCUT2D eigenvalue weighted by Gasteiger charge is -2.26. The minimum atomic E-state index is -3.68. The summed E-state index contributed by atoms with van der Waals surface area (Å²) in [6, 6.07) is 14.4. The van der Waals surface area contributed by atoms with Crippen molar-refractivity contribution >= 4 is 20.1 Å². The normalized spacial score (nSPS) is 12.5. The summed E-state index contributed by atoms with van der Waals surface area (Å²) in [6.07, 6.45) is 0. The number of benzene rings is 2. The Hall–Kier alpha value is -1.90. The molecular weight excluding hydrogens is 374 g/mol. The van der Waals surface area contributed by atoms with E-state index in [1.54, 1.807) is 62.4 Å². The molecule has 0 aliphatic heterocycles. The molecule has 2 aromatic rings. The van der Waals surface area contributed by atoms with E-state index in [1.807, 2.05) is 0 Å². The zero-order valence-corrected chi connectivity index (χ0v) is 16.6. The van der Waals surface area contributed by atoms with Crippen LogP contribution in [-0.4, -0.2) is 32.9 Å². The second kappa shape index (κ2) is 8.20. The highest BCUT2D eigenvalue weighted by Gasteiger charge is 2.27. The highest BCUT2D eigenvalue weighted by molar-refractivity contribution is 7.89. The minimum absolute atomic E-state index is 0.109. The van der Waals surface area contributed by atoms with Crippen LogP contribution in [0.5, 0.6) is 5.75 Å². The van der Waals surface area contributed by atoms with E-state index >= 15 is 0 Å². The van der Waals surface area contributed by atoms with Crippen LogP contribution in [0.3, 0.4) is 0 Å². The van der Waals surface area contributed by atoms with Crippen molar-refractivity contribution < 1.29 is 21.0 Å². The molecule has 0 spiro atoms. The molecule has 2 rings (SSSR count). The summed E-state index contributed by atoms with van der Waals surface area (Å²) in [5.41, 5.74) is 0.641. The molecule has 142 valence electrons. The number of sulfonamides is 1. The molecule has 0 heterocycles. The molecule has 0 unspecified atom stereocenters. The second-order valence-corrected chi connectivity index (χ2v) is 9.78. The van der Waals surface area contributed by atoms with Crippen molar-refractivity contribution in [3.05, 3.63) is 60.2 Å². The van der Waals surface area contributed by atoms with Crippen LogP contribution in [0.15, 0.2) is 59.5 Å². The molecule has 0 amide bonds. The molecule has 0 saturated carbocycles. The molecule has 26 heavy (non-hydrogen) atoms. The molecule has 6 nitrogen and oxygen atoms in total. The largest absolute Gasteiger partial charge is 0.382 e. The van der Waals surface area contributed by atoms with E-state index in [1.165, 1.54) is 17.3 Å². The van der Waals surface area contributed by atoms with Gasteiger partial charge in [-0.3, -0.25) is 0 Å². The smallest absolute Gasteiger partial charge is 0.308 e. The van der Waals surface area contributed by atoms with E-state index < -0.39 is 20.1 Å². The van der Waals surface area contributed by atoms with Crippen molar-refractivity contribution in [1.29, 1.82) is 0 Å². The highest BCUT2D eigenvalue weighted by atomic mass is 32.2. The quantitative estimate of drug-likeness (QED) is 0.640. The van der Waals surface area contributed by atoms with Gasteiger partial charge in [-0.05, 0) is 50.6 Å². The summed E-state index contributed by atoms with van der Waals surface area (Å²) >= 11 is 0. The maximum Gasteiger partial charge on any atom is 0.308 e. The molecule has 0 saturated heterocycles. The lowest BCUT2D eigenvalue weighted by Crippen LogP contribution is -2.36. The fourth-order valence-electron chi connectivity index (χ4n) is 2.35. The summed E-state index contributed by atoms with van der Waals surface area (Å²) in [4.78, 5) is 0.217. The highest BCUT2D eigenvalue weighted by Crippen LogP contribution is 2.23. The number of nitrogens with zero attached hydrogens (tertiary/aromatic N) is 1. The Morgan fingerprint density at radius 3 is 2.19 bits per heavy atom. The molecule has 0 N–H and O–H groups in total. The molecule has 0 bridgehead atoms. The Labute approximate surface area is 155 Å². The van der Waals surface area contributed by atoms with Crippen LogP contribution in [0.25, 0.3) is 0 Å². The Morgan fingerprint density at radius 1 is 0.962 bits per heavy atom. The SMILES string of the molecule is CCS(=O)(=O)Oc1cccc(CN(C(C)C)S(=O)(=O)c2ccccc2)c1. The van der Waals surface area contributed by atoms with Crippen LogP contribution in [0.2, 0.25) is 0 Å². The van der Waals surface area contributed by atoms with Crippen molar-refractivity contribution in [3.63, 3.8) is 0 Å². The summed E-state index contributed by atoms with van der Waals surface area (Å²) in [6.45, 7) is 5.19. The average molecular weight is 398 g/mol. The van der Waals surface area contributed by atoms with Crippen LogP contribution in [-0.2, 0) is 26.7 Å². The van der Waals surface area contributed by atoms with Gasteiger partial charge in [0.15, 0.2) is 0 Å². The van der Waals surface area contributed by atoms with Gasteiger partial charge in [0.1, 0.15) is 5.75 Å². The Bertz CT molecular complexity index is 939. The summed E-state index contributed by atoms with van der Waals surface area (Å²) in [5, 5.41) is 0. The van der Waals surface area contributed by atoms with Gasteiger partial charge in [0.2, 0.25) is 10.0 Å². The fraction of sp³-hybridized carbons (Fsp3) is 0.333. The maximum atomic E-state index is 12.9. The van der Waals surface area contributed by atoms with Gasteiger partial charge in [0, 0.05) is 12.6 Å². The lowest BCUT2D eigenvalue weighted by atomic mass is 10.2. The van der Waals surface area contributed by atoms with Gasteiger partial charge in [0.25, 0.3) is 0 Å². The van der Waals surface area contributed by atoms with Crippen LogP contribution >= 0.6 is 0 Å². The molecule has 0 aromatic heterocycles. The van der Waals surface area contributed by atoms with E-state index in [-0.39, 0.29) is 29.0 Å². The van der Waals surface area contributed by atoms with Crippen molar-refractivity contribution in [2.75, 3.05) is 5.75 Å². The van der Waals surface area contributed by atoms with E-state index in [4.69, 9.17) is 4.18 Å². The molecule has 0 fully saturated rings. The van der Waals surface area contributed by atoms with E-state index in [9.17, 15) is 16.8 Å². The van der Waals surface area contributed by atoms with Gasteiger partial charge in [-0.15, -0.1) is 0 Å². The standard InChI is InChI=1S/C18H23NO5S2/c1-4-25(20,21)24-17-10-8-9-16(13-17)14-19(15(2)3)26(22,23)18-11-6-5-7-12-18/h5-13,15H,4,14H2,1-3H3. The maximum absolute atomic E-state index is 12.9. The van der Waals surface area contributed by atoms with Gasteiger partial charge in [-0.2, -0.15) is 12.7 Å². The van der Waals surface area contributed by atoms with E-state index in [2.05, 4.69) is 0 Å². The fourth-order valence-corrected chi connectivity index (χ4v) is 4.51. The van der Waals surface area contributed by atoms with Crippen LogP contribution in [0.4, 0.5) is 0 Å². The third-order valence-corrected chi connectivity index (χ3v) is 6.93. The first kappa shape index (κ1) is 20.4. The lowest BCUT2D eigenvalue weighted by molar-refractivity contribution is 0.347. The first-order chi connectivity index (χ1) is 12.2. The molecule has 0 aliphatic carbocycles. The van der Waals surface area contributed by atoms with Crippen LogP contribution < -0.4 is 4.18 Å². The zero-order valence-electron chi connectivity index (χ0n) is 15.0. The topological polar surface area (TPSA) is 80.8 Å². The Kier molecular flexibility index (Phi) is 6.44.